The molecular formula is C15H25ClN2O2S. The van der Waals surface area contributed by atoms with Gasteiger partial charge in [-0.15, -0.1) is 12.4 Å². The second kappa shape index (κ2) is 6.65. The van der Waals surface area contributed by atoms with Gasteiger partial charge in [-0.2, -0.15) is 0 Å². The van der Waals surface area contributed by atoms with E-state index >= 15 is 0 Å². The number of sulfone groups is 1. The zero-order chi connectivity index (χ0) is 15.0. The zero-order valence-corrected chi connectivity index (χ0v) is 14.6. The minimum atomic E-state index is -3.12. The number of hydrogen-bond acceptors (Lipinski definition) is 4. The highest BCUT2D eigenvalue weighted by atomic mass is 35.5. The van der Waals surface area contributed by atoms with Crippen molar-refractivity contribution >= 4 is 22.2 Å². The van der Waals surface area contributed by atoms with E-state index in [0.717, 1.165) is 38.0 Å². The van der Waals surface area contributed by atoms with Crippen LogP contribution >= 0.6 is 12.4 Å². The van der Waals surface area contributed by atoms with Gasteiger partial charge in [0.2, 0.25) is 0 Å². The normalized spacial score (nSPS) is 16.8. The molecule has 0 amide bonds. The van der Waals surface area contributed by atoms with Crippen LogP contribution in [0.4, 0.5) is 0 Å². The molecule has 2 N–H and O–H groups in total. The molecule has 0 atom stereocenters. The first-order valence-electron chi connectivity index (χ1n) is 6.98. The van der Waals surface area contributed by atoms with Crippen molar-refractivity contribution in [3.63, 3.8) is 0 Å². The fraction of sp³-hybridized carbons (Fsp3) is 0.600. The van der Waals surface area contributed by atoms with Crippen LogP contribution in [-0.4, -0.2) is 44.7 Å². The molecule has 1 heterocycles. The van der Waals surface area contributed by atoms with Gasteiger partial charge in [0.05, 0.1) is 4.90 Å². The number of hydrogen-bond donors (Lipinski definition) is 1. The minimum absolute atomic E-state index is 0. The van der Waals surface area contributed by atoms with Gasteiger partial charge in [-0.3, -0.25) is 0 Å². The van der Waals surface area contributed by atoms with Gasteiger partial charge in [-0.05, 0) is 49.9 Å². The summed E-state index contributed by atoms with van der Waals surface area (Å²) in [6.45, 7) is 6.84. The number of nitrogens with two attached hydrogens (primary N) is 1. The van der Waals surface area contributed by atoms with Crippen molar-refractivity contribution in [3.8, 4) is 0 Å². The number of halogens is 1. The van der Waals surface area contributed by atoms with E-state index in [9.17, 15) is 8.42 Å². The standard InChI is InChI=1S/C15H24N2O2S.ClH/c1-15(2,16)11-17-8-6-12-4-5-14(20(3,18)19)10-13(12)7-9-17;/h4-5,10H,6-9,11,16H2,1-3H3;1H. The maximum Gasteiger partial charge on any atom is 0.175 e. The first-order valence-corrected chi connectivity index (χ1v) is 8.87. The van der Waals surface area contributed by atoms with Gasteiger partial charge in [-0.1, -0.05) is 6.07 Å². The van der Waals surface area contributed by atoms with Crippen LogP contribution in [0.5, 0.6) is 0 Å². The third-order valence-electron chi connectivity index (χ3n) is 3.63. The summed E-state index contributed by atoms with van der Waals surface area (Å²) in [7, 11) is -3.12. The molecule has 6 heteroatoms. The average Bonchev–Trinajstić information content (AvgIpc) is 2.48. The Morgan fingerprint density at radius 2 is 1.76 bits per heavy atom. The molecule has 2 rings (SSSR count). The number of nitrogens with zero attached hydrogens (tertiary/aromatic N) is 1. The minimum Gasteiger partial charge on any atom is -0.324 e. The second-order valence-electron chi connectivity index (χ2n) is 6.47. The lowest BCUT2D eigenvalue weighted by atomic mass is 10.0. The Bertz CT molecular complexity index is 594. The van der Waals surface area contributed by atoms with E-state index in [1.54, 1.807) is 6.07 Å². The van der Waals surface area contributed by atoms with Gasteiger partial charge in [0.25, 0.3) is 0 Å². The molecule has 120 valence electrons. The van der Waals surface area contributed by atoms with Gasteiger partial charge < -0.3 is 10.6 Å². The summed E-state index contributed by atoms with van der Waals surface area (Å²) in [4.78, 5) is 2.78. The maximum atomic E-state index is 11.6. The van der Waals surface area contributed by atoms with Gasteiger partial charge in [-0.25, -0.2) is 8.42 Å². The van der Waals surface area contributed by atoms with Gasteiger partial charge in [0.15, 0.2) is 9.84 Å². The van der Waals surface area contributed by atoms with Crippen molar-refractivity contribution in [1.29, 1.82) is 0 Å². The van der Waals surface area contributed by atoms with Crippen LogP contribution in [0.2, 0.25) is 0 Å². The molecule has 1 aliphatic heterocycles. The molecule has 0 spiro atoms. The smallest absolute Gasteiger partial charge is 0.175 e. The lowest BCUT2D eigenvalue weighted by Gasteiger charge is -2.28. The summed E-state index contributed by atoms with van der Waals surface area (Å²) in [5.74, 6) is 0. The number of rotatable bonds is 3. The first kappa shape index (κ1) is 18.4. The predicted molar refractivity (Wildman–Crippen MR) is 88.9 cm³/mol. The third kappa shape index (κ3) is 5.25. The van der Waals surface area contributed by atoms with Gasteiger partial charge >= 0.3 is 0 Å². The van der Waals surface area contributed by atoms with E-state index in [1.165, 1.54) is 11.8 Å². The van der Waals surface area contributed by atoms with E-state index < -0.39 is 9.84 Å². The van der Waals surface area contributed by atoms with E-state index in [4.69, 9.17) is 5.73 Å². The maximum absolute atomic E-state index is 11.6. The van der Waals surface area contributed by atoms with Crippen LogP contribution < -0.4 is 5.73 Å². The summed E-state index contributed by atoms with van der Waals surface area (Å²) in [6.07, 6.45) is 3.10. The highest BCUT2D eigenvalue weighted by Crippen LogP contribution is 2.21. The molecule has 0 radical (unpaired) electrons. The summed E-state index contributed by atoms with van der Waals surface area (Å²) >= 11 is 0. The lowest BCUT2D eigenvalue weighted by molar-refractivity contribution is 0.235. The fourth-order valence-electron chi connectivity index (χ4n) is 2.71. The van der Waals surface area contributed by atoms with E-state index in [-0.39, 0.29) is 17.9 Å². The molecule has 1 aliphatic rings. The molecule has 4 nitrogen and oxygen atoms in total. The fourth-order valence-corrected chi connectivity index (χ4v) is 3.38. The van der Waals surface area contributed by atoms with Crippen molar-refractivity contribution < 1.29 is 8.42 Å². The van der Waals surface area contributed by atoms with E-state index in [0.29, 0.717) is 4.90 Å². The Kier molecular flexibility index (Phi) is 5.83. The molecule has 1 aromatic rings. The molecule has 0 aliphatic carbocycles. The Morgan fingerprint density at radius 3 is 2.29 bits per heavy atom. The first-order chi connectivity index (χ1) is 9.15. The molecular weight excluding hydrogens is 308 g/mol. The summed E-state index contributed by atoms with van der Waals surface area (Å²) in [5, 5.41) is 0. The zero-order valence-electron chi connectivity index (χ0n) is 12.9. The summed E-state index contributed by atoms with van der Waals surface area (Å²) in [5.41, 5.74) is 8.30. The third-order valence-corrected chi connectivity index (χ3v) is 4.74. The van der Waals surface area contributed by atoms with E-state index in [1.807, 2.05) is 26.0 Å². The molecule has 0 bridgehead atoms. The molecule has 0 fully saturated rings. The van der Waals surface area contributed by atoms with Crippen LogP contribution in [0.1, 0.15) is 25.0 Å². The highest BCUT2D eigenvalue weighted by molar-refractivity contribution is 7.90. The summed E-state index contributed by atoms with van der Waals surface area (Å²) in [6, 6.07) is 5.52. The molecule has 0 unspecified atom stereocenters. The highest BCUT2D eigenvalue weighted by Gasteiger charge is 2.20. The van der Waals surface area contributed by atoms with Gasteiger partial charge in [0, 0.05) is 31.4 Å². The Hall–Kier alpha value is -0.620. The summed E-state index contributed by atoms with van der Waals surface area (Å²) < 4.78 is 23.3. The molecule has 1 aromatic carbocycles. The molecule has 0 saturated heterocycles. The molecule has 21 heavy (non-hydrogen) atoms. The van der Waals surface area contributed by atoms with Crippen LogP contribution in [0.3, 0.4) is 0 Å². The quantitative estimate of drug-likeness (QED) is 0.914. The van der Waals surface area contributed by atoms with Crippen LogP contribution in [0.15, 0.2) is 23.1 Å². The van der Waals surface area contributed by atoms with Gasteiger partial charge in [0.1, 0.15) is 0 Å². The van der Waals surface area contributed by atoms with Crippen molar-refractivity contribution in [1.82, 2.24) is 4.90 Å². The Balaban J connectivity index is 0.00000220. The predicted octanol–water partition coefficient (Wildman–Crippen LogP) is 1.65. The molecule has 0 saturated carbocycles. The lowest BCUT2D eigenvalue weighted by Crippen LogP contribution is -2.46. The van der Waals surface area contributed by atoms with Crippen LogP contribution in [0, 0.1) is 0 Å². The largest absolute Gasteiger partial charge is 0.324 e. The van der Waals surface area contributed by atoms with E-state index in [2.05, 4.69) is 4.90 Å². The topological polar surface area (TPSA) is 63.4 Å². The average molecular weight is 333 g/mol. The van der Waals surface area contributed by atoms with Crippen LogP contribution in [0.25, 0.3) is 0 Å². The Morgan fingerprint density at radius 1 is 1.19 bits per heavy atom. The van der Waals surface area contributed by atoms with Crippen molar-refractivity contribution in [2.24, 2.45) is 5.73 Å². The van der Waals surface area contributed by atoms with Crippen molar-refractivity contribution in [3.05, 3.63) is 29.3 Å². The molecule has 0 aromatic heterocycles. The number of fused-ring (bicyclic) bond motifs is 1. The van der Waals surface area contributed by atoms with Crippen molar-refractivity contribution in [2.75, 3.05) is 25.9 Å². The monoisotopic (exact) mass is 332 g/mol. The Labute approximate surface area is 134 Å². The second-order valence-corrected chi connectivity index (χ2v) is 8.48. The van der Waals surface area contributed by atoms with Crippen LogP contribution in [-0.2, 0) is 22.7 Å². The van der Waals surface area contributed by atoms with Crippen molar-refractivity contribution in [2.45, 2.75) is 37.1 Å². The SMILES string of the molecule is CC(C)(N)CN1CCc2ccc(S(C)(=O)=O)cc2CC1.Cl. The number of benzene rings is 1.